The highest BCUT2D eigenvalue weighted by molar-refractivity contribution is 7.66. The second kappa shape index (κ2) is 10.0. The van der Waals surface area contributed by atoms with E-state index in [1.54, 1.807) is 0 Å². The SMILES string of the molecule is [B]C[C@H]1CC(OC(C)(N=[N+]=[N-])[N+]#[C-])[C@@H](COP(=O)(O)OP(=O)(O)OP(=O)(O)O)O1. The molecule has 0 aromatic rings. The molecular formula is C9H16BN4O12P3. The molecule has 1 aliphatic rings. The molecule has 162 valence electrons. The van der Waals surface area contributed by atoms with Gasteiger partial charge in [0.2, 0.25) is 0 Å². The molecule has 20 heteroatoms. The molecule has 1 heterocycles. The molecule has 6 atom stereocenters. The third kappa shape index (κ3) is 9.25. The van der Waals surface area contributed by atoms with E-state index in [2.05, 4.69) is 28.0 Å². The van der Waals surface area contributed by atoms with E-state index in [1.807, 2.05) is 0 Å². The van der Waals surface area contributed by atoms with Crippen LogP contribution in [-0.4, -0.2) is 58.2 Å². The van der Waals surface area contributed by atoms with E-state index in [0.29, 0.717) is 0 Å². The van der Waals surface area contributed by atoms with Gasteiger partial charge in [0, 0.05) is 23.4 Å². The highest BCUT2D eigenvalue weighted by atomic mass is 31.3. The van der Waals surface area contributed by atoms with E-state index in [4.69, 9.17) is 44.1 Å². The lowest BCUT2D eigenvalue weighted by molar-refractivity contribution is -0.0934. The van der Waals surface area contributed by atoms with Gasteiger partial charge in [-0.05, 0) is 5.53 Å². The lowest BCUT2D eigenvalue weighted by Gasteiger charge is -2.23. The number of ether oxygens (including phenoxy) is 2. The Morgan fingerprint density at radius 3 is 2.38 bits per heavy atom. The number of rotatable bonds is 11. The van der Waals surface area contributed by atoms with Crippen LogP contribution in [0.2, 0.25) is 6.32 Å². The molecular weight excluding hydrogens is 460 g/mol. The molecule has 4 unspecified atom stereocenters. The molecule has 0 saturated carbocycles. The molecule has 0 aliphatic carbocycles. The van der Waals surface area contributed by atoms with Gasteiger partial charge >= 0.3 is 29.3 Å². The van der Waals surface area contributed by atoms with Crippen molar-refractivity contribution < 1.29 is 55.9 Å². The predicted molar refractivity (Wildman–Crippen MR) is 92.7 cm³/mol. The largest absolute Gasteiger partial charge is 0.490 e. The van der Waals surface area contributed by atoms with Crippen LogP contribution in [0.25, 0.3) is 15.3 Å². The molecule has 0 spiro atoms. The van der Waals surface area contributed by atoms with Crippen LogP contribution in [0.3, 0.4) is 0 Å². The standard InChI is InChI=1S/C9H16BN4O12P3/c1-9(12-2,13-14-11)24-7-3-6(4-10)23-8(7)5-22-28(18,19)26-29(20,21)25-27(15,16)17/h6-8H,3-5H2,1H3,(H,18,19)(H,20,21)(H2,15,16,17)/t6-,7?,8-,9?/m1/s1. The third-order valence-electron chi connectivity index (χ3n) is 3.17. The average molecular weight is 476 g/mol. The minimum Gasteiger partial charge on any atom is -0.371 e. The summed E-state index contributed by atoms with van der Waals surface area (Å²) in [5, 5.41) is 3.20. The maximum absolute atomic E-state index is 11.8. The Bertz CT molecular complexity index is 826. The van der Waals surface area contributed by atoms with Gasteiger partial charge in [-0.25, -0.2) is 20.3 Å². The third-order valence-corrected chi connectivity index (χ3v) is 6.97. The quantitative estimate of drug-likeness (QED) is 0.0827. The summed E-state index contributed by atoms with van der Waals surface area (Å²) in [5.74, 6) is -1.96. The van der Waals surface area contributed by atoms with Crippen LogP contribution in [0.4, 0.5) is 0 Å². The number of hydrogen-bond donors (Lipinski definition) is 4. The summed E-state index contributed by atoms with van der Waals surface area (Å²) in [4.78, 5) is 41.1. The van der Waals surface area contributed by atoms with Crippen molar-refractivity contribution in [1.82, 2.24) is 0 Å². The van der Waals surface area contributed by atoms with Crippen molar-refractivity contribution >= 4 is 31.3 Å². The van der Waals surface area contributed by atoms with Crippen molar-refractivity contribution in [3.05, 3.63) is 21.9 Å². The number of phosphoric acid groups is 3. The summed E-state index contributed by atoms with van der Waals surface area (Å²) in [7, 11) is -11.1. The minimum absolute atomic E-state index is 0.00185. The van der Waals surface area contributed by atoms with Crippen LogP contribution in [0.5, 0.6) is 0 Å². The van der Waals surface area contributed by atoms with Gasteiger partial charge in [-0.2, -0.15) is 8.62 Å². The Morgan fingerprint density at radius 2 is 1.90 bits per heavy atom. The van der Waals surface area contributed by atoms with Gasteiger partial charge in [0.1, 0.15) is 6.10 Å². The summed E-state index contributed by atoms with van der Waals surface area (Å²) < 4.78 is 56.1. The number of azide groups is 1. The fourth-order valence-corrected chi connectivity index (χ4v) is 5.17. The first kappa shape index (κ1) is 26.2. The van der Waals surface area contributed by atoms with Crippen molar-refractivity contribution in [3.8, 4) is 0 Å². The maximum Gasteiger partial charge on any atom is 0.490 e. The van der Waals surface area contributed by atoms with E-state index < -0.39 is 54.2 Å². The summed E-state index contributed by atoms with van der Waals surface area (Å²) in [5.41, 5.74) is 8.52. The molecule has 1 rings (SSSR count). The molecule has 0 aromatic carbocycles. The van der Waals surface area contributed by atoms with E-state index >= 15 is 0 Å². The monoisotopic (exact) mass is 476 g/mol. The Balaban J connectivity index is 2.84. The van der Waals surface area contributed by atoms with E-state index in [0.717, 1.165) is 6.92 Å². The second-order valence-electron chi connectivity index (χ2n) is 5.55. The van der Waals surface area contributed by atoms with Crippen LogP contribution in [0.1, 0.15) is 13.3 Å². The summed E-state index contributed by atoms with van der Waals surface area (Å²) in [6.07, 6.45) is -2.67. The molecule has 1 saturated heterocycles. The number of nitrogens with zero attached hydrogens (tertiary/aromatic N) is 4. The summed E-state index contributed by atoms with van der Waals surface area (Å²) in [6.45, 7) is 7.42. The van der Waals surface area contributed by atoms with Crippen molar-refractivity contribution in [3.63, 3.8) is 0 Å². The second-order valence-corrected chi connectivity index (χ2v) is 9.97. The first-order valence-corrected chi connectivity index (χ1v) is 11.9. The van der Waals surface area contributed by atoms with Crippen LogP contribution < -0.4 is 0 Å². The number of hydrogen-bond acceptors (Lipinski definition) is 9. The van der Waals surface area contributed by atoms with Crippen molar-refractivity contribution in [2.24, 2.45) is 5.11 Å². The molecule has 4 N–H and O–H groups in total. The average Bonchev–Trinajstić information content (AvgIpc) is 2.91. The Morgan fingerprint density at radius 1 is 1.28 bits per heavy atom. The highest BCUT2D eigenvalue weighted by Crippen LogP contribution is 2.66. The van der Waals surface area contributed by atoms with Crippen molar-refractivity contribution in [2.75, 3.05) is 6.61 Å². The van der Waals surface area contributed by atoms with E-state index in [-0.39, 0.29) is 12.7 Å². The molecule has 29 heavy (non-hydrogen) atoms. The topological polar surface area (TPSA) is 231 Å². The van der Waals surface area contributed by atoms with Gasteiger partial charge in [-0.1, -0.05) is 6.32 Å². The smallest absolute Gasteiger partial charge is 0.371 e. The van der Waals surface area contributed by atoms with Crippen molar-refractivity contribution in [1.29, 1.82) is 0 Å². The first-order chi connectivity index (χ1) is 13.1. The van der Waals surface area contributed by atoms with E-state index in [9.17, 15) is 18.6 Å². The minimum atomic E-state index is -5.67. The van der Waals surface area contributed by atoms with E-state index in [1.165, 1.54) is 0 Å². The normalized spacial score (nSPS) is 28.3. The Kier molecular flexibility index (Phi) is 9.05. The summed E-state index contributed by atoms with van der Waals surface area (Å²) >= 11 is 0. The fraction of sp³-hybridized carbons (Fsp3) is 0.889. The zero-order chi connectivity index (χ0) is 22.5. The van der Waals surface area contributed by atoms with Gasteiger partial charge in [0.05, 0.1) is 26.7 Å². The molecule has 1 fully saturated rings. The highest BCUT2D eigenvalue weighted by Gasteiger charge is 2.45. The molecule has 2 radical (unpaired) electrons. The molecule has 0 bridgehead atoms. The molecule has 16 nitrogen and oxygen atoms in total. The first-order valence-electron chi connectivity index (χ1n) is 7.41. The predicted octanol–water partition coefficient (Wildman–Crippen LogP) is 1.36. The molecule has 0 aromatic heterocycles. The van der Waals surface area contributed by atoms with Crippen LogP contribution in [0, 0.1) is 6.57 Å². The van der Waals surface area contributed by atoms with Gasteiger partial charge in [-0.15, -0.1) is 0 Å². The molecule has 1 aliphatic heterocycles. The zero-order valence-corrected chi connectivity index (χ0v) is 17.3. The zero-order valence-electron chi connectivity index (χ0n) is 14.6. The number of phosphoric ester groups is 1. The van der Waals surface area contributed by atoms with Crippen LogP contribution in [0.15, 0.2) is 5.11 Å². The van der Waals surface area contributed by atoms with Crippen LogP contribution >= 0.6 is 23.5 Å². The van der Waals surface area contributed by atoms with Crippen LogP contribution in [-0.2, 0) is 36.3 Å². The lowest BCUT2D eigenvalue weighted by Crippen LogP contribution is -2.35. The Labute approximate surface area is 165 Å². The fourth-order valence-electron chi connectivity index (χ4n) is 2.14. The van der Waals surface area contributed by atoms with Crippen molar-refractivity contribution in [2.45, 2.75) is 43.8 Å². The summed E-state index contributed by atoms with van der Waals surface area (Å²) in [6, 6.07) is 0. The maximum atomic E-state index is 11.8. The van der Waals surface area contributed by atoms with Gasteiger partial charge < -0.3 is 24.3 Å². The van der Waals surface area contributed by atoms with Gasteiger partial charge in [0.15, 0.2) is 0 Å². The van der Waals surface area contributed by atoms with Gasteiger partial charge in [0.25, 0.3) is 0 Å². The molecule has 0 amide bonds. The lowest BCUT2D eigenvalue weighted by atomic mass is 9.97. The van der Waals surface area contributed by atoms with Gasteiger partial charge in [-0.3, -0.25) is 14.1 Å². The Hall–Kier alpha value is -0.805.